The van der Waals surface area contributed by atoms with E-state index in [4.69, 9.17) is 0 Å². The summed E-state index contributed by atoms with van der Waals surface area (Å²) in [5.74, 6) is -0.394. The van der Waals surface area contributed by atoms with Gasteiger partial charge >= 0.3 is 0 Å². The van der Waals surface area contributed by atoms with Crippen LogP contribution in [-0.2, 0) is 9.59 Å². The summed E-state index contributed by atoms with van der Waals surface area (Å²) in [5, 5.41) is 2.72. The summed E-state index contributed by atoms with van der Waals surface area (Å²) >= 11 is 0. The van der Waals surface area contributed by atoms with E-state index in [1.165, 1.54) is 11.0 Å². The lowest BCUT2D eigenvalue weighted by molar-refractivity contribution is -0.147. The molecule has 1 aromatic carbocycles. The first kappa shape index (κ1) is 15.5. The zero-order chi connectivity index (χ0) is 15.6. The minimum absolute atomic E-state index is 0.0249. The number of carbonyl (C=O) groups excluding carboxylic acids is 2. The van der Waals surface area contributed by atoms with Crippen molar-refractivity contribution in [2.45, 2.75) is 39.3 Å². The average Bonchev–Trinajstić information content (AvgIpc) is 2.41. The third-order valence-electron chi connectivity index (χ3n) is 3.76. The summed E-state index contributed by atoms with van der Waals surface area (Å²) in [7, 11) is 0. The van der Waals surface area contributed by atoms with Crippen molar-refractivity contribution in [3.05, 3.63) is 35.6 Å². The monoisotopic (exact) mass is 292 g/mol. The maximum Gasteiger partial charge on any atom is 0.246 e. The molecule has 0 spiro atoms. The molecule has 114 valence electrons. The number of carbonyl (C=O) groups is 2. The summed E-state index contributed by atoms with van der Waals surface area (Å²) in [6.45, 7) is 5.72. The van der Waals surface area contributed by atoms with Crippen LogP contribution in [0.3, 0.4) is 0 Å². The highest BCUT2D eigenvalue weighted by Crippen LogP contribution is 2.25. The third-order valence-corrected chi connectivity index (χ3v) is 3.76. The number of halogens is 1. The molecule has 2 atom stereocenters. The van der Waals surface area contributed by atoms with E-state index in [-0.39, 0.29) is 24.2 Å². The highest BCUT2D eigenvalue weighted by atomic mass is 19.1. The molecule has 0 bridgehead atoms. The fourth-order valence-corrected chi connectivity index (χ4v) is 2.68. The molecule has 1 fully saturated rings. The van der Waals surface area contributed by atoms with Crippen LogP contribution in [0, 0.1) is 11.7 Å². The number of rotatable bonds is 4. The van der Waals surface area contributed by atoms with Crippen LogP contribution < -0.4 is 5.32 Å². The van der Waals surface area contributed by atoms with Crippen LogP contribution >= 0.6 is 0 Å². The van der Waals surface area contributed by atoms with Crippen LogP contribution in [0.2, 0.25) is 0 Å². The largest absolute Gasteiger partial charge is 0.343 e. The molecule has 0 radical (unpaired) electrons. The maximum absolute atomic E-state index is 13.9. The van der Waals surface area contributed by atoms with E-state index in [1.807, 2.05) is 13.8 Å². The Balaban J connectivity index is 2.23. The molecule has 1 saturated heterocycles. The standard InChI is InChI=1S/C16H21FN2O2/c1-10(2)8-14-16(21)19(9-15(20)18-14)11(3)12-6-4-5-7-13(12)17/h4-7,10-11,14H,8-9H2,1-3H3,(H,18,20). The van der Waals surface area contributed by atoms with Gasteiger partial charge in [0.2, 0.25) is 11.8 Å². The van der Waals surface area contributed by atoms with Gasteiger partial charge < -0.3 is 10.2 Å². The van der Waals surface area contributed by atoms with Crippen LogP contribution in [0.15, 0.2) is 24.3 Å². The lowest BCUT2D eigenvalue weighted by Gasteiger charge is -2.37. The van der Waals surface area contributed by atoms with Crippen molar-refractivity contribution in [3.8, 4) is 0 Å². The molecule has 0 aliphatic carbocycles. The van der Waals surface area contributed by atoms with Crippen LogP contribution in [0.5, 0.6) is 0 Å². The van der Waals surface area contributed by atoms with E-state index in [0.717, 1.165) is 0 Å². The third kappa shape index (κ3) is 3.40. The maximum atomic E-state index is 13.9. The van der Waals surface area contributed by atoms with Crippen molar-refractivity contribution in [1.82, 2.24) is 10.2 Å². The zero-order valence-electron chi connectivity index (χ0n) is 12.6. The van der Waals surface area contributed by atoms with Crippen molar-refractivity contribution in [3.63, 3.8) is 0 Å². The van der Waals surface area contributed by atoms with Gasteiger partial charge in [0.1, 0.15) is 18.4 Å². The highest BCUT2D eigenvalue weighted by Gasteiger charge is 2.36. The summed E-state index contributed by atoms with van der Waals surface area (Å²) in [5.41, 5.74) is 0.434. The Morgan fingerprint density at radius 2 is 1.95 bits per heavy atom. The number of piperazine rings is 1. The lowest BCUT2D eigenvalue weighted by Crippen LogP contribution is -2.58. The second-order valence-electron chi connectivity index (χ2n) is 5.91. The van der Waals surface area contributed by atoms with Crippen LogP contribution in [0.4, 0.5) is 4.39 Å². The van der Waals surface area contributed by atoms with Crippen molar-refractivity contribution < 1.29 is 14.0 Å². The van der Waals surface area contributed by atoms with Gasteiger partial charge in [0.05, 0.1) is 6.04 Å². The Hall–Kier alpha value is -1.91. The van der Waals surface area contributed by atoms with Gasteiger partial charge in [-0.3, -0.25) is 9.59 Å². The molecular formula is C16H21FN2O2. The van der Waals surface area contributed by atoms with Crippen molar-refractivity contribution in [2.75, 3.05) is 6.54 Å². The van der Waals surface area contributed by atoms with Crippen LogP contribution in [0.25, 0.3) is 0 Å². The molecule has 2 unspecified atom stereocenters. The first-order valence-corrected chi connectivity index (χ1v) is 7.24. The SMILES string of the molecule is CC(C)CC1NC(=O)CN(C(C)c2ccccc2F)C1=O. The predicted molar refractivity (Wildman–Crippen MR) is 77.9 cm³/mol. The Bertz CT molecular complexity index is 545. The molecular weight excluding hydrogens is 271 g/mol. The minimum Gasteiger partial charge on any atom is -0.343 e. The number of benzene rings is 1. The average molecular weight is 292 g/mol. The Kier molecular flexibility index (Phi) is 4.60. The van der Waals surface area contributed by atoms with Gasteiger partial charge in [-0.25, -0.2) is 4.39 Å². The molecule has 2 amide bonds. The Morgan fingerprint density at radius 3 is 2.57 bits per heavy atom. The van der Waals surface area contributed by atoms with Gasteiger partial charge in [-0.1, -0.05) is 32.0 Å². The Morgan fingerprint density at radius 1 is 1.29 bits per heavy atom. The summed E-state index contributed by atoms with van der Waals surface area (Å²) < 4.78 is 13.9. The Labute approximate surface area is 124 Å². The normalized spacial score (nSPS) is 20.6. The second-order valence-corrected chi connectivity index (χ2v) is 5.91. The van der Waals surface area contributed by atoms with E-state index in [0.29, 0.717) is 17.9 Å². The topological polar surface area (TPSA) is 49.4 Å². The molecule has 5 heteroatoms. The van der Waals surface area contributed by atoms with Crippen LogP contribution in [0.1, 0.15) is 38.8 Å². The number of hydrogen-bond donors (Lipinski definition) is 1. The number of amides is 2. The van der Waals surface area contributed by atoms with Gasteiger partial charge in [-0.05, 0) is 25.3 Å². The van der Waals surface area contributed by atoms with Gasteiger partial charge in [0, 0.05) is 5.56 Å². The number of nitrogens with one attached hydrogen (secondary N) is 1. The first-order valence-electron chi connectivity index (χ1n) is 7.24. The summed E-state index contributed by atoms with van der Waals surface area (Å²) in [6.07, 6.45) is 0.588. The molecule has 4 nitrogen and oxygen atoms in total. The fraction of sp³-hybridized carbons (Fsp3) is 0.500. The smallest absolute Gasteiger partial charge is 0.246 e. The molecule has 1 N–H and O–H groups in total. The second kappa shape index (κ2) is 6.24. The lowest BCUT2D eigenvalue weighted by atomic mass is 9.98. The molecule has 0 saturated carbocycles. The van der Waals surface area contributed by atoms with E-state index >= 15 is 0 Å². The first-order chi connectivity index (χ1) is 9.90. The molecule has 21 heavy (non-hydrogen) atoms. The van der Waals surface area contributed by atoms with Crippen molar-refractivity contribution >= 4 is 11.8 Å². The fourth-order valence-electron chi connectivity index (χ4n) is 2.68. The quantitative estimate of drug-likeness (QED) is 0.925. The van der Waals surface area contributed by atoms with Gasteiger partial charge in [-0.15, -0.1) is 0 Å². The van der Waals surface area contributed by atoms with E-state index < -0.39 is 12.1 Å². The minimum atomic E-state index is -0.513. The molecule has 1 aliphatic heterocycles. The summed E-state index contributed by atoms with van der Waals surface area (Å²) in [6, 6.07) is 5.38. The van der Waals surface area contributed by atoms with Crippen molar-refractivity contribution in [1.29, 1.82) is 0 Å². The zero-order valence-corrected chi connectivity index (χ0v) is 12.6. The van der Waals surface area contributed by atoms with Gasteiger partial charge in [0.25, 0.3) is 0 Å². The van der Waals surface area contributed by atoms with E-state index in [1.54, 1.807) is 25.1 Å². The van der Waals surface area contributed by atoms with E-state index in [2.05, 4.69) is 5.32 Å². The van der Waals surface area contributed by atoms with Gasteiger partial charge in [-0.2, -0.15) is 0 Å². The van der Waals surface area contributed by atoms with Gasteiger partial charge in [0.15, 0.2) is 0 Å². The van der Waals surface area contributed by atoms with E-state index in [9.17, 15) is 14.0 Å². The number of nitrogens with zero attached hydrogens (tertiary/aromatic N) is 1. The number of hydrogen-bond acceptors (Lipinski definition) is 2. The molecule has 0 aromatic heterocycles. The predicted octanol–water partition coefficient (Wildman–Crippen LogP) is 2.26. The summed E-state index contributed by atoms with van der Waals surface area (Å²) in [4.78, 5) is 25.8. The molecule has 2 rings (SSSR count). The molecule has 1 heterocycles. The van der Waals surface area contributed by atoms with Crippen molar-refractivity contribution in [2.24, 2.45) is 5.92 Å². The highest BCUT2D eigenvalue weighted by molar-refractivity contribution is 5.95. The molecule has 1 aromatic rings. The molecule has 1 aliphatic rings. The van der Waals surface area contributed by atoms with Crippen LogP contribution in [-0.4, -0.2) is 29.3 Å².